The molecule has 0 spiro atoms. The third kappa shape index (κ3) is 3.22. The molecule has 12 heavy (non-hydrogen) atoms. The van der Waals surface area contributed by atoms with Gasteiger partial charge in [0.2, 0.25) is 0 Å². The van der Waals surface area contributed by atoms with Gasteiger partial charge in [-0.05, 0) is 0 Å². The lowest BCUT2D eigenvalue weighted by atomic mass is 10.1. The first kappa shape index (κ1) is 11.4. The van der Waals surface area contributed by atoms with Gasteiger partial charge < -0.3 is 20.1 Å². The standard InChI is InChI=1S/C5H12N2O5/c6-7-12-4(2-9)5(11)3(10)1-8/h2-5,7-8,10-11H,1,6H2/t3-,4-,5+/m1/s1. The first-order valence-electron chi connectivity index (χ1n) is 3.21. The zero-order valence-corrected chi connectivity index (χ0v) is 6.25. The molecule has 0 aromatic heterocycles. The molecule has 0 saturated carbocycles. The van der Waals surface area contributed by atoms with Gasteiger partial charge in [-0.2, -0.15) is 0 Å². The van der Waals surface area contributed by atoms with Gasteiger partial charge in [-0.3, -0.25) is 4.84 Å². The van der Waals surface area contributed by atoms with Crippen molar-refractivity contribution in [2.24, 2.45) is 5.84 Å². The Labute approximate surface area is 68.7 Å². The Morgan fingerprint density at radius 2 is 2.17 bits per heavy atom. The molecule has 0 radical (unpaired) electrons. The van der Waals surface area contributed by atoms with E-state index in [0.29, 0.717) is 0 Å². The summed E-state index contributed by atoms with van der Waals surface area (Å²) in [6.45, 7) is -0.667. The summed E-state index contributed by atoms with van der Waals surface area (Å²) >= 11 is 0. The van der Waals surface area contributed by atoms with E-state index >= 15 is 0 Å². The summed E-state index contributed by atoms with van der Waals surface area (Å²) in [5.41, 5.74) is 1.69. The van der Waals surface area contributed by atoms with Gasteiger partial charge in [0.15, 0.2) is 12.4 Å². The molecule has 0 aromatic carbocycles. The number of hydrogen-bond acceptors (Lipinski definition) is 7. The first-order valence-corrected chi connectivity index (χ1v) is 3.21. The lowest BCUT2D eigenvalue weighted by molar-refractivity contribution is -0.148. The largest absolute Gasteiger partial charge is 0.394 e. The molecule has 0 aliphatic rings. The minimum absolute atomic E-state index is 0.253. The molecule has 0 bridgehead atoms. The maximum Gasteiger partial charge on any atom is 0.164 e. The number of aldehydes is 1. The van der Waals surface area contributed by atoms with E-state index in [2.05, 4.69) is 4.84 Å². The Balaban J connectivity index is 4.00. The summed E-state index contributed by atoms with van der Waals surface area (Å²) in [6, 6.07) is 0. The van der Waals surface area contributed by atoms with E-state index in [1.807, 2.05) is 0 Å². The van der Waals surface area contributed by atoms with E-state index in [9.17, 15) is 4.79 Å². The van der Waals surface area contributed by atoms with Crippen molar-refractivity contribution in [3.8, 4) is 0 Å². The molecule has 0 fully saturated rings. The van der Waals surface area contributed by atoms with Crippen molar-refractivity contribution in [2.45, 2.75) is 18.3 Å². The van der Waals surface area contributed by atoms with E-state index in [0.717, 1.165) is 0 Å². The second-order valence-corrected chi connectivity index (χ2v) is 2.08. The average Bonchev–Trinajstić information content (AvgIpc) is 2.11. The molecule has 0 amide bonds. The predicted octanol–water partition coefficient (Wildman–Crippen LogP) is -3.34. The highest BCUT2D eigenvalue weighted by Gasteiger charge is 2.26. The van der Waals surface area contributed by atoms with Gasteiger partial charge in [-0.1, -0.05) is 0 Å². The molecule has 72 valence electrons. The van der Waals surface area contributed by atoms with Crippen molar-refractivity contribution >= 4 is 6.29 Å². The minimum Gasteiger partial charge on any atom is -0.394 e. The van der Waals surface area contributed by atoms with Crippen LogP contribution in [0.3, 0.4) is 0 Å². The van der Waals surface area contributed by atoms with E-state index in [1.54, 1.807) is 5.59 Å². The maximum atomic E-state index is 10.2. The van der Waals surface area contributed by atoms with Crippen molar-refractivity contribution < 1.29 is 25.0 Å². The molecular formula is C5H12N2O5. The summed E-state index contributed by atoms with van der Waals surface area (Å²) in [5.74, 6) is 4.70. The predicted molar refractivity (Wildman–Crippen MR) is 37.4 cm³/mol. The van der Waals surface area contributed by atoms with Crippen LogP contribution in [0.2, 0.25) is 0 Å². The van der Waals surface area contributed by atoms with Crippen LogP contribution >= 0.6 is 0 Å². The van der Waals surface area contributed by atoms with Gasteiger partial charge in [-0.15, -0.1) is 5.59 Å². The zero-order chi connectivity index (χ0) is 9.56. The van der Waals surface area contributed by atoms with Gasteiger partial charge in [0, 0.05) is 0 Å². The number of carbonyl (C=O) groups excluding carboxylic acids is 1. The van der Waals surface area contributed by atoms with Crippen molar-refractivity contribution in [2.75, 3.05) is 6.61 Å². The summed E-state index contributed by atoms with van der Waals surface area (Å²) in [6.07, 6.45) is -4.00. The highest BCUT2D eigenvalue weighted by atomic mass is 16.7. The second-order valence-electron chi connectivity index (χ2n) is 2.08. The Morgan fingerprint density at radius 3 is 2.50 bits per heavy atom. The van der Waals surface area contributed by atoms with Crippen molar-refractivity contribution in [3.63, 3.8) is 0 Å². The van der Waals surface area contributed by atoms with Gasteiger partial charge in [0.1, 0.15) is 12.2 Å². The van der Waals surface area contributed by atoms with Crippen LogP contribution in [0.25, 0.3) is 0 Å². The number of nitrogens with two attached hydrogens (primary N) is 1. The van der Waals surface area contributed by atoms with E-state index in [1.165, 1.54) is 0 Å². The Morgan fingerprint density at radius 1 is 1.58 bits per heavy atom. The highest BCUT2D eigenvalue weighted by Crippen LogP contribution is 2.00. The van der Waals surface area contributed by atoms with Crippen LogP contribution in [0.4, 0.5) is 0 Å². The fraction of sp³-hybridized carbons (Fsp3) is 0.800. The quantitative estimate of drug-likeness (QED) is 0.164. The molecule has 6 N–H and O–H groups in total. The molecule has 0 unspecified atom stereocenters. The van der Waals surface area contributed by atoms with Crippen LogP contribution < -0.4 is 11.4 Å². The maximum absolute atomic E-state index is 10.2. The van der Waals surface area contributed by atoms with E-state index < -0.39 is 24.9 Å². The number of nitrogens with one attached hydrogen (secondary N) is 1. The molecule has 3 atom stereocenters. The molecule has 0 heterocycles. The summed E-state index contributed by atoms with van der Waals surface area (Å²) in [5, 5.41) is 26.3. The van der Waals surface area contributed by atoms with Crippen LogP contribution in [0.5, 0.6) is 0 Å². The third-order valence-electron chi connectivity index (χ3n) is 1.26. The third-order valence-corrected chi connectivity index (χ3v) is 1.26. The zero-order valence-electron chi connectivity index (χ0n) is 6.25. The van der Waals surface area contributed by atoms with Gasteiger partial charge in [0.25, 0.3) is 0 Å². The molecular weight excluding hydrogens is 168 g/mol. The van der Waals surface area contributed by atoms with Crippen LogP contribution in [-0.2, 0) is 9.63 Å². The smallest absolute Gasteiger partial charge is 0.164 e. The molecule has 7 nitrogen and oxygen atoms in total. The molecule has 0 aliphatic heterocycles. The Bertz CT molecular complexity index is 133. The van der Waals surface area contributed by atoms with Crippen LogP contribution in [0.15, 0.2) is 0 Å². The highest BCUT2D eigenvalue weighted by molar-refractivity contribution is 5.57. The van der Waals surface area contributed by atoms with Crippen LogP contribution in [0.1, 0.15) is 0 Å². The number of hydrazine groups is 1. The second kappa shape index (κ2) is 6.00. The summed E-state index contributed by atoms with van der Waals surface area (Å²) in [7, 11) is 0. The number of aliphatic hydroxyl groups is 3. The summed E-state index contributed by atoms with van der Waals surface area (Å²) < 4.78 is 0. The van der Waals surface area contributed by atoms with Gasteiger partial charge in [0.05, 0.1) is 6.61 Å². The lowest BCUT2D eigenvalue weighted by Crippen LogP contribution is -2.45. The van der Waals surface area contributed by atoms with Crippen molar-refractivity contribution in [3.05, 3.63) is 0 Å². The first-order chi connectivity index (χ1) is 5.67. The number of aliphatic hydroxyl groups excluding tert-OH is 3. The Hall–Kier alpha value is -0.570. The average molecular weight is 180 g/mol. The Kier molecular flexibility index (Phi) is 5.72. The fourth-order valence-electron chi connectivity index (χ4n) is 0.584. The number of rotatable bonds is 6. The monoisotopic (exact) mass is 180 g/mol. The fourth-order valence-corrected chi connectivity index (χ4v) is 0.584. The van der Waals surface area contributed by atoms with Gasteiger partial charge >= 0.3 is 0 Å². The molecule has 0 rings (SSSR count). The minimum atomic E-state index is -1.51. The number of hydrogen-bond donors (Lipinski definition) is 5. The van der Waals surface area contributed by atoms with Crippen molar-refractivity contribution in [1.82, 2.24) is 5.59 Å². The normalized spacial score (nSPS) is 18.3. The van der Waals surface area contributed by atoms with Crippen LogP contribution in [-0.4, -0.2) is 46.5 Å². The molecule has 7 heteroatoms. The lowest BCUT2D eigenvalue weighted by Gasteiger charge is -2.20. The van der Waals surface area contributed by atoms with E-state index in [-0.39, 0.29) is 6.29 Å². The summed E-state index contributed by atoms with van der Waals surface area (Å²) in [4.78, 5) is 14.5. The SMILES string of the molecule is NNO[C@H](C=O)[C@@H](O)[C@H](O)CO. The number of carbonyl (C=O) groups is 1. The molecule has 0 saturated heterocycles. The van der Waals surface area contributed by atoms with Crippen LogP contribution in [0, 0.1) is 0 Å². The topological polar surface area (TPSA) is 125 Å². The molecule has 0 aliphatic carbocycles. The van der Waals surface area contributed by atoms with Gasteiger partial charge in [-0.25, -0.2) is 5.84 Å². The molecule has 0 aromatic rings. The van der Waals surface area contributed by atoms with Crippen molar-refractivity contribution in [1.29, 1.82) is 0 Å². The van der Waals surface area contributed by atoms with E-state index in [4.69, 9.17) is 21.2 Å².